The second kappa shape index (κ2) is 16.3. The second-order valence-electron chi connectivity index (χ2n) is 8.15. The summed E-state index contributed by atoms with van der Waals surface area (Å²) in [6, 6.07) is 9.70. The Morgan fingerprint density at radius 2 is 1.73 bits per heavy atom. The molecule has 0 amide bonds. The summed E-state index contributed by atoms with van der Waals surface area (Å²) >= 11 is 6.04. The molecule has 11 heteroatoms. The van der Waals surface area contributed by atoms with E-state index in [2.05, 4.69) is 4.98 Å². The molecule has 0 atom stereocenters. The fraction of sp³-hybridized carbons (Fsp3) is 0.379. The molecule has 0 unspecified atom stereocenters. The topological polar surface area (TPSA) is 94.2 Å². The molecule has 0 bridgehead atoms. The van der Waals surface area contributed by atoms with Gasteiger partial charge in [0.1, 0.15) is 10.8 Å². The second-order valence-corrected chi connectivity index (χ2v) is 8.51. The summed E-state index contributed by atoms with van der Waals surface area (Å²) in [5.74, 6) is -1.57. The number of ether oxygens (including phenoxy) is 2. The number of esters is 2. The van der Waals surface area contributed by atoms with Gasteiger partial charge in [-0.05, 0) is 57.0 Å². The first-order valence-corrected chi connectivity index (χ1v) is 12.9. The predicted molar refractivity (Wildman–Crippen MR) is 148 cm³/mol. The summed E-state index contributed by atoms with van der Waals surface area (Å²) in [4.78, 5) is 29.3. The van der Waals surface area contributed by atoms with Gasteiger partial charge >= 0.3 is 11.9 Å². The minimum Gasteiger partial charge on any atom is -0.462 e. The van der Waals surface area contributed by atoms with E-state index in [0.717, 1.165) is 0 Å². The molecule has 2 heterocycles. The van der Waals surface area contributed by atoms with E-state index in [1.807, 2.05) is 19.9 Å². The maximum Gasteiger partial charge on any atom is 0.341 e. The Morgan fingerprint density at radius 1 is 1.12 bits per heavy atom. The summed E-state index contributed by atoms with van der Waals surface area (Å²) in [6.45, 7) is 10.5. The molecule has 0 spiro atoms. The Bertz CT molecular complexity index is 1330. The van der Waals surface area contributed by atoms with E-state index in [1.54, 1.807) is 52.0 Å². The van der Waals surface area contributed by atoms with Crippen LogP contribution < -0.4 is 0 Å². The molecule has 0 N–H and O–H groups in total. The predicted octanol–water partition coefficient (Wildman–Crippen LogP) is 7.72. The van der Waals surface area contributed by atoms with Gasteiger partial charge in [-0.3, -0.25) is 4.39 Å². The summed E-state index contributed by atoms with van der Waals surface area (Å²) in [5, 5.41) is 9.05. The summed E-state index contributed by atoms with van der Waals surface area (Å²) < 4.78 is 50.1. The number of nitrogens with zero attached hydrogens (tertiary/aromatic N) is 3. The number of halogens is 4. The largest absolute Gasteiger partial charge is 0.462 e. The number of pyridine rings is 1. The van der Waals surface area contributed by atoms with Crippen molar-refractivity contribution in [2.45, 2.75) is 60.6 Å². The van der Waals surface area contributed by atoms with Crippen LogP contribution in [0.5, 0.6) is 0 Å². The van der Waals surface area contributed by atoms with Crippen molar-refractivity contribution in [2.24, 2.45) is 0 Å². The Kier molecular flexibility index (Phi) is 13.9. The lowest BCUT2D eigenvalue weighted by Gasteiger charge is -2.14. The van der Waals surface area contributed by atoms with Crippen LogP contribution in [0.1, 0.15) is 84.3 Å². The number of aromatic nitrogens is 2. The number of hydrogen-bond donors (Lipinski definition) is 0. The maximum atomic E-state index is 14.5. The fourth-order valence-electron chi connectivity index (χ4n) is 3.85. The standard InChI is InChI=1S/C26H24ClF2N3O4.C2H6.CH3F/c1-5-35-25(33)19-10-17(12-31-23(19)27)13-32-15(4)20(18-8-6-16(11-30)7-9-18)21(22(32)24(28)29)26(34)36-14(2)3;2*1-2/h6-10,12,14,24H,5,13H2,1-4H3;1-2H3;1H3. The molecular formula is C29H33ClF3N3O4. The minimum absolute atomic E-state index is 0.00572. The molecule has 0 aliphatic carbocycles. The van der Waals surface area contributed by atoms with Crippen LogP contribution in [0.25, 0.3) is 11.1 Å². The van der Waals surface area contributed by atoms with Gasteiger partial charge in [-0.25, -0.2) is 23.4 Å². The van der Waals surface area contributed by atoms with E-state index in [1.165, 1.54) is 16.8 Å². The molecule has 0 aliphatic rings. The third kappa shape index (κ3) is 8.09. The molecule has 1 aromatic carbocycles. The summed E-state index contributed by atoms with van der Waals surface area (Å²) in [5.41, 5.74) is 1.13. The van der Waals surface area contributed by atoms with Crippen LogP contribution in [0.3, 0.4) is 0 Å². The number of hydrogen-bond acceptors (Lipinski definition) is 6. The van der Waals surface area contributed by atoms with E-state index >= 15 is 0 Å². The lowest BCUT2D eigenvalue weighted by molar-refractivity contribution is 0.0367. The number of alkyl halides is 3. The summed E-state index contributed by atoms with van der Waals surface area (Å²) in [6.07, 6.45) is -2.18. The maximum absolute atomic E-state index is 14.5. The SMILES string of the molecule is CC.CCOC(=O)c1cc(Cn2c(C)c(-c3ccc(C#N)cc3)c(C(=O)OC(C)C)c2C(F)F)cnc1Cl.CF. The quantitative estimate of drug-likeness (QED) is 0.200. The normalized spacial score (nSPS) is 10.2. The first-order chi connectivity index (χ1) is 19.1. The lowest BCUT2D eigenvalue weighted by Crippen LogP contribution is -2.15. The molecule has 3 rings (SSSR count). The van der Waals surface area contributed by atoms with Crippen molar-refractivity contribution in [1.29, 1.82) is 5.26 Å². The smallest absolute Gasteiger partial charge is 0.341 e. The average Bonchev–Trinajstić information content (AvgIpc) is 3.23. The molecule has 0 aliphatic heterocycles. The van der Waals surface area contributed by atoms with Gasteiger partial charge in [-0.2, -0.15) is 5.26 Å². The fourth-order valence-corrected chi connectivity index (χ4v) is 4.03. The van der Waals surface area contributed by atoms with Crippen LogP contribution in [0, 0.1) is 18.3 Å². The van der Waals surface area contributed by atoms with Crippen LogP contribution in [0.15, 0.2) is 36.5 Å². The number of carbonyl (C=O) groups excluding carboxylic acids is 2. The van der Waals surface area contributed by atoms with Gasteiger partial charge in [0.05, 0.1) is 42.6 Å². The molecule has 7 nitrogen and oxygen atoms in total. The van der Waals surface area contributed by atoms with Crippen LogP contribution in [-0.2, 0) is 16.0 Å². The summed E-state index contributed by atoms with van der Waals surface area (Å²) in [7, 11) is 0.500. The van der Waals surface area contributed by atoms with Crippen LogP contribution in [0.2, 0.25) is 5.15 Å². The first-order valence-electron chi connectivity index (χ1n) is 12.5. The number of rotatable bonds is 8. The number of nitriles is 1. The Labute approximate surface area is 237 Å². The van der Waals surface area contributed by atoms with Crippen molar-refractivity contribution in [1.82, 2.24) is 9.55 Å². The highest BCUT2D eigenvalue weighted by atomic mass is 35.5. The van der Waals surface area contributed by atoms with Gasteiger partial charge in [0.2, 0.25) is 0 Å². The zero-order chi connectivity index (χ0) is 30.6. The molecule has 2 aromatic heterocycles. The highest BCUT2D eigenvalue weighted by molar-refractivity contribution is 6.32. The van der Waals surface area contributed by atoms with E-state index in [4.69, 9.17) is 26.3 Å². The van der Waals surface area contributed by atoms with Crippen molar-refractivity contribution >= 4 is 23.5 Å². The van der Waals surface area contributed by atoms with Crippen LogP contribution in [-0.4, -0.2) is 41.4 Å². The zero-order valence-electron chi connectivity index (χ0n) is 23.5. The van der Waals surface area contributed by atoms with Gasteiger partial charge in [0.25, 0.3) is 6.43 Å². The van der Waals surface area contributed by atoms with Crippen molar-refractivity contribution in [3.8, 4) is 17.2 Å². The van der Waals surface area contributed by atoms with Crippen LogP contribution in [0.4, 0.5) is 13.2 Å². The number of carbonyl (C=O) groups is 2. The van der Waals surface area contributed by atoms with E-state index < -0.39 is 30.2 Å². The van der Waals surface area contributed by atoms with Gasteiger partial charge in [-0.1, -0.05) is 37.6 Å². The van der Waals surface area contributed by atoms with Crippen molar-refractivity contribution < 1.29 is 32.2 Å². The average molecular weight is 580 g/mol. The Hall–Kier alpha value is -3.84. The van der Waals surface area contributed by atoms with Crippen LogP contribution >= 0.6 is 11.6 Å². The Balaban J connectivity index is 0.00000191. The third-order valence-corrected chi connectivity index (χ3v) is 5.65. The van der Waals surface area contributed by atoms with E-state index in [-0.39, 0.29) is 35.0 Å². The van der Waals surface area contributed by atoms with Gasteiger partial charge < -0.3 is 14.0 Å². The van der Waals surface area contributed by atoms with Crippen molar-refractivity contribution in [3.63, 3.8) is 0 Å². The molecule has 0 saturated carbocycles. The van der Waals surface area contributed by atoms with Gasteiger partial charge in [0, 0.05) is 24.0 Å². The lowest BCUT2D eigenvalue weighted by atomic mass is 9.99. The molecular weight excluding hydrogens is 547 g/mol. The highest BCUT2D eigenvalue weighted by Gasteiger charge is 2.32. The Morgan fingerprint density at radius 3 is 2.23 bits per heavy atom. The molecule has 216 valence electrons. The molecule has 0 fully saturated rings. The first kappa shape index (κ1) is 34.2. The van der Waals surface area contributed by atoms with Crippen molar-refractivity contribution in [2.75, 3.05) is 13.8 Å². The molecule has 40 heavy (non-hydrogen) atoms. The zero-order valence-corrected chi connectivity index (χ0v) is 24.3. The van der Waals surface area contributed by atoms with E-state index in [0.29, 0.717) is 29.6 Å². The minimum atomic E-state index is -3.02. The highest BCUT2D eigenvalue weighted by Crippen LogP contribution is 2.38. The molecule has 0 saturated heterocycles. The van der Waals surface area contributed by atoms with E-state index in [9.17, 15) is 22.8 Å². The van der Waals surface area contributed by atoms with Crippen molar-refractivity contribution in [3.05, 3.63) is 75.3 Å². The van der Waals surface area contributed by atoms with Gasteiger partial charge in [0.15, 0.2) is 0 Å². The molecule has 3 aromatic rings. The monoisotopic (exact) mass is 579 g/mol. The molecule has 0 radical (unpaired) electrons. The third-order valence-electron chi connectivity index (χ3n) is 5.35. The van der Waals surface area contributed by atoms with Gasteiger partial charge in [-0.15, -0.1) is 0 Å². The number of benzene rings is 1.